The van der Waals surface area contributed by atoms with E-state index in [0.717, 1.165) is 18.5 Å². The van der Waals surface area contributed by atoms with E-state index in [4.69, 9.17) is 19.4 Å². The zero-order valence-electron chi connectivity index (χ0n) is 23.8. The van der Waals surface area contributed by atoms with Crippen LogP contribution >= 0.6 is 11.8 Å². The number of hydrogen-bond acceptors (Lipinski definition) is 5. The number of nitrogens with one attached hydrogen (secondary N) is 2. The summed E-state index contributed by atoms with van der Waals surface area (Å²) in [6, 6.07) is 12.0. The van der Waals surface area contributed by atoms with Gasteiger partial charge in [-0.2, -0.15) is 4.39 Å². The number of rotatable bonds is 7. The molecule has 5 aromatic rings. The number of aromatic amines is 2. The molecule has 1 unspecified atom stereocenters. The number of imidazole rings is 1. The number of nitrogens with zero attached hydrogens (tertiary/aromatic N) is 1. The summed E-state index contributed by atoms with van der Waals surface area (Å²) >= 11 is 1.24. The number of carboxylic acid groups (broad SMARTS) is 1. The predicted octanol–water partition coefficient (Wildman–Crippen LogP) is 7.98. The fourth-order valence-corrected chi connectivity index (χ4v) is 6.26. The van der Waals surface area contributed by atoms with Gasteiger partial charge in [0.1, 0.15) is 17.4 Å². The van der Waals surface area contributed by atoms with Gasteiger partial charge in [-0.3, -0.25) is 4.79 Å². The number of thioether (sulfide) groups is 1. The molecule has 1 aliphatic heterocycles. The molecule has 0 saturated heterocycles. The van der Waals surface area contributed by atoms with E-state index in [1.165, 1.54) is 46.7 Å². The van der Waals surface area contributed by atoms with Gasteiger partial charge in [-0.15, -0.1) is 11.8 Å². The van der Waals surface area contributed by atoms with Crippen LogP contribution in [0.1, 0.15) is 42.7 Å². The van der Waals surface area contributed by atoms with Crippen LogP contribution < -0.4 is 4.74 Å². The molecule has 1 aliphatic rings. The molecule has 43 heavy (non-hydrogen) atoms. The van der Waals surface area contributed by atoms with Gasteiger partial charge in [0.15, 0.2) is 11.6 Å². The number of carbonyl (C=O) groups is 1. The van der Waals surface area contributed by atoms with E-state index in [-0.39, 0.29) is 29.1 Å². The highest BCUT2D eigenvalue weighted by Crippen LogP contribution is 2.43. The van der Waals surface area contributed by atoms with E-state index in [0.29, 0.717) is 29.3 Å². The lowest BCUT2D eigenvalue weighted by Gasteiger charge is -2.36. The van der Waals surface area contributed by atoms with Crippen molar-refractivity contribution in [3.63, 3.8) is 0 Å². The summed E-state index contributed by atoms with van der Waals surface area (Å²) in [5.74, 6) is -2.47. The topological polar surface area (TPSA) is 100 Å². The lowest BCUT2D eigenvalue weighted by molar-refractivity contribution is -0.122. The fraction of sp³-hybridized carbons (Fsp3) is 0.250. The van der Waals surface area contributed by atoms with Crippen molar-refractivity contribution in [2.24, 2.45) is 0 Å². The Kier molecular flexibility index (Phi) is 8.84. The molecular formula is C32H30F3N3O4S. The lowest BCUT2D eigenvalue weighted by Crippen LogP contribution is -2.35. The Bertz CT molecular complexity index is 1790. The molecule has 0 fully saturated rings. The number of halogens is 3. The number of H-pyrrole nitrogens is 2. The van der Waals surface area contributed by atoms with Crippen LogP contribution in [0.15, 0.2) is 59.8 Å². The zero-order valence-corrected chi connectivity index (χ0v) is 24.6. The molecular weight excluding hydrogens is 579 g/mol. The van der Waals surface area contributed by atoms with Crippen molar-refractivity contribution >= 4 is 29.1 Å². The predicted molar refractivity (Wildman–Crippen MR) is 159 cm³/mol. The lowest BCUT2D eigenvalue weighted by atomic mass is 9.75. The Hall–Kier alpha value is -4.22. The Balaban J connectivity index is 0.00000118. The van der Waals surface area contributed by atoms with Crippen LogP contribution in [0.2, 0.25) is 0 Å². The van der Waals surface area contributed by atoms with Gasteiger partial charge in [-0.25, -0.2) is 13.8 Å². The highest BCUT2D eigenvalue weighted by atomic mass is 32.2. The summed E-state index contributed by atoms with van der Waals surface area (Å²) < 4.78 is 56.8. The van der Waals surface area contributed by atoms with Gasteiger partial charge in [-0.05, 0) is 60.6 Å². The Morgan fingerprint density at radius 2 is 1.98 bits per heavy atom. The Morgan fingerprint density at radius 3 is 2.72 bits per heavy atom. The van der Waals surface area contributed by atoms with Gasteiger partial charge in [0, 0.05) is 23.5 Å². The maximum Gasteiger partial charge on any atom is 0.290 e. The molecule has 0 spiro atoms. The summed E-state index contributed by atoms with van der Waals surface area (Å²) in [5.41, 5.74) is 4.13. The maximum atomic E-state index is 15.1. The number of fused-ring (bicyclic) bond motifs is 2. The van der Waals surface area contributed by atoms with Crippen LogP contribution in [0.3, 0.4) is 0 Å². The van der Waals surface area contributed by atoms with Crippen LogP contribution in [0.25, 0.3) is 22.3 Å². The molecule has 0 amide bonds. The number of aromatic nitrogens is 3. The van der Waals surface area contributed by atoms with Gasteiger partial charge < -0.3 is 24.5 Å². The average Bonchev–Trinajstić information content (AvgIpc) is 3.69. The van der Waals surface area contributed by atoms with Crippen LogP contribution in [-0.2, 0) is 28.0 Å². The summed E-state index contributed by atoms with van der Waals surface area (Å²) in [6.07, 6.45) is 7.00. The summed E-state index contributed by atoms with van der Waals surface area (Å²) in [6.45, 7) is 5.00. The SMILES string of the molecule is CCCc1cccc2c1COCC2(C)c1cnc(-c2cc(Oc3c(F)c(F)c4[nH]ccc4c3SC)ccc2F)[nH]1.O=CO. The van der Waals surface area contributed by atoms with Crippen molar-refractivity contribution in [3.05, 3.63) is 94.7 Å². The summed E-state index contributed by atoms with van der Waals surface area (Å²) in [5, 5.41) is 7.39. The summed E-state index contributed by atoms with van der Waals surface area (Å²) in [7, 11) is 0. The first-order valence-corrected chi connectivity index (χ1v) is 14.8. The average molecular weight is 610 g/mol. The third-order valence-corrected chi connectivity index (χ3v) is 8.43. The van der Waals surface area contributed by atoms with Crippen molar-refractivity contribution in [1.82, 2.24) is 15.0 Å². The molecule has 11 heteroatoms. The smallest absolute Gasteiger partial charge is 0.290 e. The minimum Gasteiger partial charge on any atom is -0.483 e. The molecule has 7 nitrogen and oxygen atoms in total. The Labute approximate surface area is 250 Å². The molecule has 0 radical (unpaired) electrons. The molecule has 1 atom stereocenters. The monoisotopic (exact) mass is 609 g/mol. The van der Waals surface area contributed by atoms with Crippen molar-refractivity contribution in [1.29, 1.82) is 0 Å². The van der Waals surface area contributed by atoms with E-state index in [1.807, 2.05) is 0 Å². The summed E-state index contributed by atoms with van der Waals surface area (Å²) in [4.78, 5) is 19.3. The van der Waals surface area contributed by atoms with Crippen molar-refractivity contribution < 1.29 is 32.5 Å². The molecule has 224 valence electrons. The number of aryl methyl sites for hydroxylation is 1. The first kappa shape index (κ1) is 30.2. The highest BCUT2D eigenvalue weighted by molar-refractivity contribution is 7.99. The molecule has 0 bridgehead atoms. The molecule has 6 rings (SSSR count). The van der Waals surface area contributed by atoms with E-state index in [2.05, 4.69) is 47.0 Å². The quantitative estimate of drug-likeness (QED) is 0.128. The van der Waals surface area contributed by atoms with Crippen molar-refractivity contribution in [2.75, 3.05) is 12.9 Å². The van der Waals surface area contributed by atoms with Crippen LogP contribution in [0, 0.1) is 17.5 Å². The van der Waals surface area contributed by atoms with E-state index in [1.54, 1.807) is 24.7 Å². The minimum absolute atomic E-state index is 0.0701. The third-order valence-electron chi connectivity index (χ3n) is 7.62. The second-order valence-electron chi connectivity index (χ2n) is 10.3. The molecule has 3 aromatic carbocycles. The van der Waals surface area contributed by atoms with Gasteiger partial charge in [0.25, 0.3) is 6.47 Å². The van der Waals surface area contributed by atoms with E-state index >= 15 is 8.78 Å². The van der Waals surface area contributed by atoms with Gasteiger partial charge in [0.05, 0.1) is 34.6 Å². The van der Waals surface area contributed by atoms with Crippen LogP contribution in [0.5, 0.6) is 11.5 Å². The first-order chi connectivity index (χ1) is 20.8. The first-order valence-electron chi connectivity index (χ1n) is 13.6. The maximum absolute atomic E-state index is 15.1. The Morgan fingerprint density at radius 1 is 1.19 bits per heavy atom. The number of benzene rings is 3. The molecule has 3 N–H and O–H groups in total. The number of ether oxygens (including phenoxy) is 2. The van der Waals surface area contributed by atoms with Gasteiger partial charge in [0.2, 0.25) is 5.82 Å². The number of hydrogen-bond donors (Lipinski definition) is 3. The second-order valence-corrected chi connectivity index (χ2v) is 11.1. The van der Waals surface area contributed by atoms with Crippen LogP contribution in [-0.4, -0.2) is 39.4 Å². The zero-order chi connectivity index (χ0) is 30.7. The molecule has 0 aliphatic carbocycles. The second kappa shape index (κ2) is 12.6. The standard InChI is InChI=1S/C31H28F3N3O2S.CH2O2/c1-4-6-17-7-5-8-22-21(17)15-38-16-31(22,2)24-14-36-30(37-24)20-13-18(9-10-23(20)32)39-28-26(34)25(33)27-19(11-12-35-27)29(28)40-3;2-1-3/h5,7-14,35H,4,6,15-16H2,1-3H3,(H,36,37);1H,(H,2,3). The largest absolute Gasteiger partial charge is 0.483 e. The molecule has 3 heterocycles. The van der Waals surface area contributed by atoms with Crippen molar-refractivity contribution in [2.45, 2.75) is 43.6 Å². The van der Waals surface area contributed by atoms with Gasteiger partial charge in [-0.1, -0.05) is 31.5 Å². The van der Waals surface area contributed by atoms with Gasteiger partial charge >= 0.3 is 0 Å². The highest BCUT2D eigenvalue weighted by Gasteiger charge is 2.37. The van der Waals surface area contributed by atoms with E-state index in [9.17, 15) is 4.39 Å². The van der Waals surface area contributed by atoms with E-state index < -0.39 is 22.9 Å². The molecule has 0 saturated carbocycles. The molecule has 2 aromatic heterocycles. The van der Waals surface area contributed by atoms with Crippen LogP contribution in [0.4, 0.5) is 13.2 Å². The third kappa shape index (κ3) is 5.50. The normalized spacial score (nSPS) is 16.0. The fourth-order valence-electron chi connectivity index (χ4n) is 5.55. The minimum atomic E-state index is -1.11. The van der Waals surface area contributed by atoms with Crippen molar-refractivity contribution in [3.8, 4) is 22.9 Å².